The Morgan fingerprint density at radius 3 is 2.39 bits per heavy atom. The molecule has 33 heavy (non-hydrogen) atoms. The highest BCUT2D eigenvalue weighted by molar-refractivity contribution is 6.51. The van der Waals surface area contributed by atoms with Crippen molar-refractivity contribution in [3.05, 3.63) is 99.9 Å². The molecule has 4 rings (SSSR count). The van der Waals surface area contributed by atoms with Gasteiger partial charge in [0.05, 0.1) is 18.7 Å². The first kappa shape index (κ1) is 22.3. The van der Waals surface area contributed by atoms with E-state index in [9.17, 15) is 19.1 Å². The fraction of sp³-hybridized carbons (Fsp3) is 0.185. The lowest BCUT2D eigenvalue weighted by Crippen LogP contribution is -2.30. The molecule has 1 fully saturated rings. The third-order valence-electron chi connectivity index (χ3n) is 5.90. The summed E-state index contributed by atoms with van der Waals surface area (Å²) in [6, 6.07) is 15.8. The summed E-state index contributed by atoms with van der Waals surface area (Å²) in [5.41, 5.74) is 3.55. The van der Waals surface area contributed by atoms with Gasteiger partial charge < -0.3 is 9.84 Å². The monoisotopic (exact) mass is 445 g/mol. The zero-order valence-electron chi connectivity index (χ0n) is 18.8. The van der Waals surface area contributed by atoms with Crippen LogP contribution in [0.5, 0.6) is 5.75 Å². The Labute approximate surface area is 191 Å². The lowest BCUT2D eigenvalue weighted by Gasteiger charge is -2.27. The number of methoxy groups -OCH3 is 1. The van der Waals surface area contributed by atoms with E-state index in [4.69, 9.17) is 4.74 Å². The molecule has 1 unspecified atom stereocenters. The van der Waals surface area contributed by atoms with E-state index in [1.165, 1.54) is 30.2 Å². The molecule has 168 valence electrons. The highest BCUT2D eigenvalue weighted by atomic mass is 19.1. The minimum Gasteiger partial charge on any atom is -0.507 e. The van der Waals surface area contributed by atoms with Gasteiger partial charge in [-0.15, -0.1) is 0 Å². The number of benzene rings is 3. The van der Waals surface area contributed by atoms with Gasteiger partial charge in [0.1, 0.15) is 17.3 Å². The highest BCUT2D eigenvalue weighted by Gasteiger charge is 2.47. The molecule has 3 aromatic rings. The maximum absolute atomic E-state index is 13.8. The highest BCUT2D eigenvalue weighted by Crippen LogP contribution is 2.43. The van der Waals surface area contributed by atoms with Crippen LogP contribution in [0.3, 0.4) is 0 Å². The van der Waals surface area contributed by atoms with Crippen LogP contribution >= 0.6 is 0 Å². The average molecular weight is 445 g/mol. The molecule has 0 aliphatic carbocycles. The van der Waals surface area contributed by atoms with E-state index in [0.717, 1.165) is 11.1 Å². The maximum atomic E-state index is 13.8. The lowest BCUT2D eigenvalue weighted by atomic mass is 9.94. The standard InChI is InChI=1S/C27H24FNO4/c1-15-8-11-22(17(3)12-15)29-24(18-6-5-7-20(14-18)33-4)23(26(31)27(29)32)25(30)19-9-10-21(28)16(2)13-19/h5-14,24,30H,1-4H3/b25-23+. The van der Waals surface area contributed by atoms with Crippen molar-refractivity contribution in [1.82, 2.24) is 0 Å². The van der Waals surface area contributed by atoms with E-state index < -0.39 is 23.5 Å². The second kappa shape index (κ2) is 8.54. The van der Waals surface area contributed by atoms with Crippen LogP contribution in [0.4, 0.5) is 10.1 Å². The van der Waals surface area contributed by atoms with Gasteiger partial charge in [-0.3, -0.25) is 14.5 Å². The van der Waals surface area contributed by atoms with Gasteiger partial charge in [-0.2, -0.15) is 0 Å². The molecule has 5 nitrogen and oxygen atoms in total. The molecule has 1 N–H and O–H groups in total. The molecule has 1 saturated heterocycles. The van der Waals surface area contributed by atoms with E-state index in [0.29, 0.717) is 22.6 Å². The van der Waals surface area contributed by atoms with Crippen molar-refractivity contribution in [1.29, 1.82) is 0 Å². The number of carbonyl (C=O) groups is 2. The van der Waals surface area contributed by atoms with Crippen LogP contribution in [0, 0.1) is 26.6 Å². The Bertz CT molecular complexity index is 1310. The summed E-state index contributed by atoms with van der Waals surface area (Å²) in [5.74, 6) is -1.77. The Morgan fingerprint density at radius 2 is 1.73 bits per heavy atom. The zero-order valence-corrected chi connectivity index (χ0v) is 18.8. The molecule has 1 atom stereocenters. The zero-order chi connectivity index (χ0) is 23.9. The molecular weight excluding hydrogens is 421 g/mol. The van der Waals surface area contributed by atoms with Crippen molar-refractivity contribution in [2.24, 2.45) is 0 Å². The van der Waals surface area contributed by atoms with E-state index in [2.05, 4.69) is 0 Å². The number of Topliss-reactive ketones (excluding diaryl/α,β-unsaturated/α-hetero) is 1. The normalized spacial score (nSPS) is 17.5. The molecule has 1 aliphatic heterocycles. The van der Waals surface area contributed by atoms with Crippen molar-refractivity contribution in [2.45, 2.75) is 26.8 Å². The van der Waals surface area contributed by atoms with Crippen molar-refractivity contribution in [3.8, 4) is 5.75 Å². The van der Waals surface area contributed by atoms with Crippen LogP contribution < -0.4 is 9.64 Å². The first-order chi connectivity index (χ1) is 15.7. The van der Waals surface area contributed by atoms with Crippen molar-refractivity contribution >= 4 is 23.1 Å². The number of rotatable bonds is 4. The molecule has 0 bridgehead atoms. The van der Waals surface area contributed by atoms with Crippen molar-refractivity contribution in [2.75, 3.05) is 12.0 Å². The number of hydrogen-bond donors (Lipinski definition) is 1. The number of aliphatic hydroxyl groups excluding tert-OH is 1. The van der Waals surface area contributed by atoms with Gasteiger partial charge in [0.2, 0.25) is 0 Å². The summed E-state index contributed by atoms with van der Waals surface area (Å²) < 4.78 is 19.2. The molecule has 3 aromatic carbocycles. The summed E-state index contributed by atoms with van der Waals surface area (Å²) in [6.45, 7) is 5.38. The topological polar surface area (TPSA) is 66.8 Å². The second-order valence-electron chi connectivity index (χ2n) is 8.20. The molecule has 1 aliphatic rings. The smallest absolute Gasteiger partial charge is 0.300 e. The quantitative estimate of drug-likeness (QED) is 0.332. The van der Waals surface area contributed by atoms with Crippen LogP contribution in [0.1, 0.15) is 33.9 Å². The average Bonchev–Trinajstić information content (AvgIpc) is 3.06. The molecule has 0 saturated carbocycles. The van der Waals surface area contributed by atoms with E-state index >= 15 is 0 Å². The predicted molar refractivity (Wildman–Crippen MR) is 125 cm³/mol. The Kier molecular flexibility index (Phi) is 5.77. The van der Waals surface area contributed by atoms with Crippen LogP contribution in [-0.4, -0.2) is 23.9 Å². The number of carbonyl (C=O) groups excluding carboxylic acids is 2. The van der Waals surface area contributed by atoms with Crippen LogP contribution in [-0.2, 0) is 9.59 Å². The van der Waals surface area contributed by atoms with Crippen molar-refractivity contribution in [3.63, 3.8) is 0 Å². The van der Waals surface area contributed by atoms with Gasteiger partial charge >= 0.3 is 0 Å². The SMILES string of the molecule is COc1cccc(C2/C(=C(\O)c3ccc(F)c(C)c3)C(=O)C(=O)N2c2ccc(C)cc2C)c1. The van der Waals surface area contributed by atoms with E-state index in [1.54, 1.807) is 37.3 Å². The Hall–Kier alpha value is -3.93. The number of aliphatic hydroxyl groups is 1. The molecule has 0 spiro atoms. The van der Waals surface area contributed by atoms with E-state index in [1.807, 2.05) is 26.0 Å². The van der Waals surface area contributed by atoms with Crippen LogP contribution in [0.15, 0.2) is 66.2 Å². The predicted octanol–water partition coefficient (Wildman–Crippen LogP) is 5.39. The number of halogens is 1. The fourth-order valence-electron chi connectivity index (χ4n) is 4.23. The van der Waals surface area contributed by atoms with Gasteiger partial charge in [-0.05, 0) is 73.9 Å². The summed E-state index contributed by atoms with van der Waals surface area (Å²) in [4.78, 5) is 28.0. The largest absolute Gasteiger partial charge is 0.507 e. The minimum absolute atomic E-state index is 0.0563. The third-order valence-corrected chi connectivity index (χ3v) is 5.90. The Balaban J connectivity index is 1.99. The second-order valence-corrected chi connectivity index (χ2v) is 8.20. The number of amides is 1. The molecule has 0 radical (unpaired) electrons. The number of aryl methyl sites for hydroxylation is 3. The number of ketones is 1. The first-order valence-electron chi connectivity index (χ1n) is 10.5. The number of ether oxygens (including phenoxy) is 1. The fourth-order valence-corrected chi connectivity index (χ4v) is 4.23. The summed E-state index contributed by atoms with van der Waals surface area (Å²) in [7, 11) is 1.53. The van der Waals surface area contributed by atoms with Gasteiger partial charge in [0, 0.05) is 11.3 Å². The number of anilines is 1. The van der Waals surface area contributed by atoms with E-state index in [-0.39, 0.29) is 16.9 Å². The lowest BCUT2D eigenvalue weighted by molar-refractivity contribution is -0.132. The van der Waals surface area contributed by atoms with Gasteiger partial charge in [0.25, 0.3) is 11.7 Å². The van der Waals surface area contributed by atoms with Gasteiger partial charge in [-0.1, -0.05) is 29.8 Å². The molecule has 0 aromatic heterocycles. The summed E-state index contributed by atoms with van der Waals surface area (Å²) in [5, 5.41) is 11.2. The summed E-state index contributed by atoms with van der Waals surface area (Å²) in [6.07, 6.45) is 0. The molecule has 1 amide bonds. The van der Waals surface area contributed by atoms with Crippen molar-refractivity contribution < 1.29 is 23.8 Å². The number of hydrogen-bond acceptors (Lipinski definition) is 4. The van der Waals surface area contributed by atoms with Gasteiger partial charge in [0.15, 0.2) is 0 Å². The minimum atomic E-state index is -0.883. The number of nitrogens with zero attached hydrogens (tertiary/aromatic N) is 1. The van der Waals surface area contributed by atoms with Crippen LogP contribution in [0.2, 0.25) is 0 Å². The maximum Gasteiger partial charge on any atom is 0.300 e. The first-order valence-corrected chi connectivity index (χ1v) is 10.5. The third kappa shape index (κ3) is 3.89. The molecular formula is C27H24FNO4. The van der Waals surface area contributed by atoms with Gasteiger partial charge in [-0.25, -0.2) is 4.39 Å². The summed E-state index contributed by atoms with van der Waals surface area (Å²) >= 11 is 0. The van der Waals surface area contributed by atoms with Crippen LogP contribution in [0.25, 0.3) is 5.76 Å². The molecule has 6 heteroatoms. The molecule has 1 heterocycles. The Morgan fingerprint density at radius 1 is 0.970 bits per heavy atom.